The molecule has 0 radical (unpaired) electrons. The van der Waals surface area contributed by atoms with Gasteiger partial charge in [0.25, 0.3) is 0 Å². The molecule has 0 atom stereocenters. The molecule has 0 aliphatic rings. The number of hydrogen-bond donors (Lipinski definition) is 0. The minimum Gasteiger partial charge on any atom is -0.253 e. The van der Waals surface area contributed by atoms with Crippen LogP contribution in [-0.2, 0) is 12.8 Å². The molecule has 2 heterocycles. The maximum atomic E-state index is 4.82. The SMILES string of the molecule is CCCCCCc1ccc(C=Cc2cnc3c(ccc4cc(C=Cc5ccc(CCCCCC)cc5)cnc43)c2)cc1. The lowest BCUT2D eigenvalue weighted by molar-refractivity contribution is 0.667. The van der Waals surface area contributed by atoms with E-state index in [1.807, 2.05) is 12.4 Å². The molecule has 0 N–H and O–H groups in total. The summed E-state index contributed by atoms with van der Waals surface area (Å²) >= 11 is 0. The van der Waals surface area contributed by atoms with Gasteiger partial charge in [0.05, 0.1) is 11.0 Å². The molecule has 2 nitrogen and oxygen atoms in total. The summed E-state index contributed by atoms with van der Waals surface area (Å²) in [6.07, 6.45) is 25.3. The molecule has 0 saturated heterocycles. The molecular formula is C40H44N2. The molecule has 5 rings (SSSR count). The zero-order valence-electron chi connectivity index (χ0n) is 25.4. The molecule has 0 amide bonds. The van der Waals surface area contributed by atoms with Gasteiger partial charge in [0.1, 0.15) is 0 Å². The Hall–Kier alpha value is -4.04. The quantitative estimate of drug-likeness (QED) is 0.101. The minimum atomic E-state index is 0.946. The number of aromatic nitrogens is 2. The van der Waals surface area contributed by atoms with Gasteiger partial charge < -0.3 is 0 Å². The van der Waals surface area contributed by atoms with Crippen LogP contribution in [0.4, 0.5) is 0 Å². The number of fused-ring (bicyclic) bond motifs is 3. The molecule has 2 heteroatoms. The number of rotatable bonds is 14. The zero-order valence-corrected chi connectivity index (χ0v) is 25.4. The Morgan fingerprint density at radius 1 is 0.452 bits per heavy atom. The number of unbranched alkanes of at least 4 members (excludes halogenated alkanes) is 6. The largest absolute Gasteiger partial charge is 0.253 e. The lowest BCUT2D eigenvalue weighted by Gasteiger charge is -2.05. The van der Waals surface area contributed by atoms with Gasteiger partial charge in [0.2, 0.25) is 0 Å². The molecule has 3 aromatic carbocycles. The van der Waals surface area contributed by atoms with Crippen molar-refractivity contribution in [2.24, 2.45) is 0 Å². The highest BCUT2D eigenvalue weighted by Crippen LogP contribution is 2.25. The summed E-state index contributed by atoms with van der Waals surface area (Å²) in [5.74, 6) is 0. The normalized spacial score (nSPS) is 11.9. The number of benzene rings is 3. The first-order valence-corrected chi connectivity index (χ1v) is 15.9. The van der Waals surface area contributed by atoms with E-state index in [4.69, 9.17) is 9.97 Å². The third-order valence-electron chi connectivity index (χ3n) is 8.08. The molecule has 0 aliphatic carbocycles. The van der Waals surface area contributed by atoms with Gasteiger partial charge in [-0.1, -0.05) is 137 Å². The van der Waals surface area contributed by atoms with Gasteiger partial charge in [-0.2, -0.15) is 0 Å². The average Bonchev–Trinajstić information content (AvgIpc) is 3.04. The van der Waals surface area contributed by atoms with Crippen molar-refractivity contribution in [1.29, 1.82) is 0 Å². The molecule has 42 heavy (non-hydrogen) atoms. The highest BCUT2D eigenvalue weighted by molar-refractivity contribution is 6.03. The number of pyridine rings is 2. The van der Waals surface area contributed by atoms with Gasteiger partial charge in [-0.05, 0) is 71.2 Å². The molecule has 0 unspecified atom stereocenters. The van der Waals surface area contributed by atoms with Crippen LogP contribution in [0.2, 0.25) is 0 Å². The van der Waals surface area contributed by atoms with E-state index in [0.29, 0.717) is 0 Å². The van der Waals surface area contributed by atoms with Crippen LogP contribution in [0.15, 0.2) is 85.2 Å². The van der Waals surface area contributed by atoms with E-state index in [1.54, 1.807) is 0 Å². The third kappa shape index (κ3) is 8.26. The Morgan fingerprint density at radius 3 is 1.26 bits per heavy atom. The van der Waals surface area contributed by atoms with Gasteiger partial charge in [-0.3, -0.25) is 9.97 Å². The van der Waals surface area contributed by atoms with Crippen molar-refractivity contribution in [3.8, 4) is 0 Å². The fourth-order valence-corrected chi connectivity index (χ4v) is 5.50. The van der Waals surface area contributed by atoms with Crippen LogP contribution < -0.4 is 0 Å². The second-order valence-electron chi connectivity index (χ2n) is 11.5. The van der Waals surface area contributed by atoms with Crippen LogP contribution >= 0.6 is 0 Å². The minimum absolute atomic E-state index is 0.946. The molecule has 214 valence electrons. The van der Waals surface area contributed by atoms with Crippen LogP contribution in [0.5, 0.6) is 0 Å². The Morgan fingerprint density at radius 2 is 0.857 bits per heavy atom. The van der Waals surface area contributed by atoms with Crippen molar-refractivity contribution in [3.05, 3.63) is 119 Å². The van der Waals surface area contributed by atoms with Crippen LogP contribution in [-0.4, -0.2) is 9.97 Å². The Labute approximate surface area is 252 Å². The fraction of sp³-hybridized carbons (Fsp3) is 0.300. The number of nitrogens with zero attached hydrogens (tertiary/aromatic N) is 2. The molecule has 0 fully saturated rings. The van der Waals surface area contributed by atoms with Gasteiger partial charge >= 0.3 is 0 Å². The van der Waals surface area contributed by atoms with E-state index in [0.717, 1.165) is 32.9 Å². The summed E-state index contributed by atoms with van der Waals surface area (Å²) in [7, 11) is 0. The van der Waals surface area contributed by atoms with Crippen LogP contribution in [0.3, 0.4) is 0 Å². The molecule has 0 aliphatic heterocycles. The topological polar surface area (TPSA) is 25.8 Å². The standard InChI is InChI=1S/C40H44N2/c1-3-5-7-9-11-31-13-17-33(18-14-31)21-23-35-27-37-25-26-38-28-36(30-42-40(38)39(37)41-29-35)24-22-34-19-15-32(16-20-34)12-10-8-6-4-2/h13-30H,3-12H2,1-2H3. The molecule has 0 bridgehead atoms. The first-order valence-electron chi connectivity index (χ1n) is 15.9. The van der Waals surface area contributed by atoms with Gasteiger partial charge in [-0.15, -0.1) is 0 Å². The molecule has 2 aromatic heterocycles. The van der Waals surface area contributed by atoms with Crippen molar-refractivity contribution in [2.45, 2.75) is 78.1 Å². The van der Waals surface area contributed by atoms with E-state index >= 15 is 0 Å². The highest BCUT2D eigenvalue weighted by Gasteiger charge is 2.05. The van der Waals surface area contributed by atoms with Crippen molar-refractivity contribution in [2.75, 3.05) is 0 Å². The number of aryl methyl sites for hydroxylation is 2. The van der Waals surface area contributed by atoms with Crippen molar-refractivity contribution in [3.63, 3.8) is 0 Å². The second kappa shape index (κ2) is 15.3. The summed E-state index contributed by atoms with van der Waals surface area (Å²) < 4.78 is 0. The molecule has 0 spiro atoms. The number of hydrogen-bond acceptors (Lipinski definition) is 2. The fourth-order valence-electron chi connectivity index (χ4n) is 5.50. The molecular weight excluding hydrogens is 508 g/mol. The monoisotopic (exact) mass is 552 g/mol. The van der Waals surface area contributed by atoms with E-state index in [1.165, 1.54) is 86.5 Å². The first-order chi connectivity index (χ1) is 20.7. The van der Waals surface area contributed by atoms with Crippen molar-refractivity contribution in [1.82, 2.24) is 9.97 Å². The van der Waals surface area contributed by atoms with Crippen molar-refractivity contribution >= 4 is 46.1 Å². The Kier molecular flexibility index (Phi) is 10.7. The molecule has 5 aromatic rings. The molecule has 0 saturated carbocycles. The van der Waals surface area contributed by atoms with Crippen LogP contribution in [0.1, 0.15) is 98.6 Å². The summed E-state index contributed by atoms with van der Waals surface area (Å²) in [6.45, 7) is 4.52. The lowest BCUT2D eigenvalue weighted by atomic mass is 10.0. The van der Waals surface area contributed by atoms with Crippen LogP contribution in [0.25, 0.3) is 46.1 Å². The van der Waals surface area contributed by atoms with Crippen molar-refractivity contribution < 1.29 is 0 Å². The van der Waals surface area contributed by atoms with Gasteiger partial charge in [-0.25, -0.2) is 0 Å². The van der Waals surface area contributed by atoms with E-state index in [9.17, 15) is 0 Å². The zero-order chi connectivity index (χ0) is 29.0. The van der Waals surface area contributed by atoms with Crippen LogP contribution in [0, 0.1) is 0 Å². The summed E-state index contributed by atoms with van der Waals surface area (Å²) in [5, 5.41) is 2.22. The summed E-state index contributed by atoms with van der Waals surface area (Å²) in [5.41, 5.74) is 9.36. The predicted octanol–water partition coefficient (Wildman–Crippen LogP) is 11.4. The van der Waals surface area contributed by atoms with Gasteiger partial charge in [0.15, 0.2) is 0 Å². The average molecular weight is 553 g/mol. The predicted molar refractivity (Wildman–Crippen MR) is 183 cm³/mol. The van der Waals surface area contributed by atoms with E-state index in [2.05, 4.69) is 111 Å². The van der Waals surface area contributed by atoms with Gasteiger partial charge in [0, 0.05) is 23.2 Å². The van der Waals surface area contributed by atoms with E-state index < -0.39 is 0 Å². The van der Waals surface area contributed by atoms with E-state index in [-0.39, 0.29) is 0 Å². The first kappa shape index (κ1) is 29.5. The third-order valence-corrected chi connectivity index (χ3v) is 8.08. The summed E-state index contributed by atoms with van der Waals surface area (Å²) in [4.78, 5) is 9.63. The Balaban J connectivity index is 1.22. The lowest BCUT2D eigenvalue weighted by Crippen LogP contribution is -1.88. The maximum absolute atomic E-state index is 4.82. The second-order valence-corrected chi connectivity index (χ2v) is 11.5. The summed E-state index contributed by atoms with van der Waals surface area (Å²) in [6, 6.07) is 26.6. The highest BCUT2D eigenvalue weighted by atomic mass is 14.7. The smallest absolute Gasteiger partial charge is 0.0964 e. The maximum Gasteiger partial charge on any atom is 0.0964 e. The Bertz CT molecular complexity index is 1500.